The summed E-state index contributed by atoms with van der Waals surface area (Å²) in [6.07, 6.45) is 9.40. The van der Waals surface area contributed by atoms with Gasteiger partial charge in [0.05, 0.1) is 0 Å². The van der Waals surface area contributed by atoms with Gasteiger partial charge in [-0.3, -0.25) is 0 Å². The Bertz CT molecular complexity index is 2160. The Balaban J connectivity index is 0.000000478. The fraction of sp³-hybridized carbons (Fsp3) is 0.684. The van der Waals surface area contributed by atoms with Gasteiger partial charge < -0.3 is 0 Å². The Morgan fingerprint density at radius 3 is 1.10 bits per heavy atom. The summed E-state index contributed by atoms with van der Waals surface area (Å²) < 4.78 is 89.0. The molecular weight excluding hydrogens is 1050 g/mol. The van der Waals surface area contributed by atoms with Crippen LogP contribution in [0.25, 0.3) is 0 Å². The molecule has 0 amide bonds. The summed E-state index contributed by atoms with van der Waals surface area (Å²) in [4.78, 5) is 0. The molecule has 0 saturated heterocycles. The minimum absolute atomic E-state index is 0.203. The van der Waals surface area contributed by atoms with E-state index in [2.05, 4.69) is 214 Å². The van der Waals surface area contributed by atoms with Crippen LogP contribution in [0.3, 0.4) is 0 Å². The number of rotatable bonds is 13. The molecule has 2 unspecified atom stereocenters. The van der Waals surface area contributed by atoms with Crippen LogP contribution >= 0.6 is 0 Å². The van der Waals surface area contributed by atoms with E-state index >= 15 is 0 Å². The maximum absolute atomic E-state index is 13.0. The zero-order valence-corrected chi connectivity index (χ0v) is 56.2. The molecule has 7 heteroatoms. The first-order valence-corrected chi connectivity index (χ1v) is 32.4. The van der Waals surface area contributed by atoms with E-state index in [1.54, 1.807) is 0 Å². The van der Waals surface area contributed by atoms with E-state index < -0.39 is 48.6 Å². The van der Waals surface area contributed by atoms with Gasteiger partial charge in [-0.05, 0) is 169 Å². The Morgan fingerprint density at radius 1 is 0.458 bits per heavy atom. The number of aryl methyl sites for hydroxylation is 1. The molecule has 83 heavy (non-hydrogen) atoms. The van der Waals surface area contributed by atoms with Crippen molar-refractivity contribution in [3.05, 3.63) is 143 Å². The molecule has 0 N–H and O–H groups in total. The van der Waals surface area contributed by atoms with E-state index in [1.165, 1.54) is 71.9 Å². The van der Waals surface area contributed by atoms with E-state index in [0.29, 0.717) is 37.0 Å². The number of hydrogen-bond donors (Lipinski definition) is 0. The lowest BCUT2D eigenvalue weighted by Crippen LogP contribution is -2.37. The van der Waals surface area contributed by atoms with E-state index in [4.69, 9.17) is 0 Å². The molecule has 4 aliphatic rings. The third-order valence-electron chi connectivity index (χ3n) is 16.2. The first kappa shape index (κ1) is 77.4. The molecule has 0 aromatic heterocycles. The Labute approximate surface area is 506 Å². The SMILES string of the molecule is CC(C)C1(F)CCC1.CC(C)C1CCC1.CC(C)CC1CC(F)(F)C(F)(F)C1.CC(C)CC1CC(F)C(F)C1.CC(C)Cc1ccc(C(C)(C)C)cc1.CC(C)Cc1ccccc1.CC(C)c1ccccc1.Cc1ccc(CC(C)C)cc1. The van der Waals surface area contributed by atoms with Crippen molar-refractivity contribution in [2.75, 3.05) is 0 Å². The Hall–Kier alpha value is -3.61. The Morgan fingerprint density at radius 2 is 0.831 bits per heavy atom. The highest BCUT2D eigenvalue weighted by molar-refractivity contribution is 5.28. The average Bonchev–Trinajstić information content (AvgIpc) is 3.79. The molecule has 2 atom stereocenters. The van der Waals surface area contributed by atoms with E-state index in [9.17, 15) is 30.7 Å². The van der Waals surface area contributed by atoms with Crippen molar-refractivity contribution in [2.45, 2.75) is 276 Å². The van der Waals surface area contributed by atoms with E-state index in [-0.39, 0.29) is 17.3 Å². The van der Waals surface area contributed by atoms with Crippen molar-refractivity contribution in [3.63, 3.8) is 0 Å². The largest absolute Gasteiger partial charge is 0.310 e. The van der Waals surface area contributed by atoms with Crippen molar-refractivity contribution >= 4 is 0 Å². The summed E-state index contributed by atoms with van der Waals surface area (Å²) >= 11 is 0. The monoisotopic (exact) mass is 1170 g/mol. The molecular formula is C76H121F7. The quantitative estimate of drug-likeness (QED) is 0.117. The fourth-order valence-corrected chi connectivity index (χ4v) is 10.7. The van der Waals surface area contributed by atoms with Crippen LogP contribution < -0.4 is 0 Å². The predicted octanol–water partition coefficient (Wildman–Crippen LogP) is 24.9. The third-order valence-corrected chi connectivity index (χ3v) is 16.2. The zero-order chi connectivity index (χ0) is 63.3. The fourth-order valence-electron chi connectivity index (χ4n) is 10.7. The minimum Gasteiger partial charge on any atom is -0.244 e. The third kappa shape index (κ3) is 33.2. The molecule has 0 bridgehead atoms. The first-order valence-electron chi connectivity index (χ1n) is 32.4. The van der Waals surface area contributed by atoms with Crippen molar-refractivity contribution in [1.29, 1.82) is 0 Å². The van der Waals surface area contributed by atoms with Crippen molar-refractivity contribution < 1.29 is 30.7 Å². The molecule has 4 saturated carbocycles. The molecule has 4 aliphatic carbocycles. The molecule has 4 aromatic rings. The summed E-state index contributed by atoms with van der Waals surface area (Å²) in [6, 6.07) is 39.0. The van der Waals surface area contributed by atoms with Crippen molar-refractivity contribution in [3.8, 4) is 0 Å². The van der Waals surface area contributed by atoms with E-state index in [1.807, 2.05) is 33.8 Å². The van der Waals surface area contributed by atoms with Crippen LogP contribution in [0.4, 0.5) is 30.7 Å². The van der Waals surface area contributed by atoms with Gasteiger partial charge in [0.25, 0.3) is 0 Å². The minimum atomic E-state index is -3.79. The number of halogens is 7. The summed E-state index contributed by atoms with van der Waals surface area (Å²) in [7, 11) is 0. The smallest absolute Gasteiger partial charge is 0.244 e. The highest BCUT2D eigenvalue weighted by atomic mass is 19.3. The van der Waals surface area contributed by atoms with Crippen LogP contribution in [0.1, 0.15) is 248 Å². The summed E-state index contributed by atoms with van der Waals surface area (Å²) in [5.41, 5.74) is 8.02. The zero-order valence-electron chi connectivity index (χ0n) is 56.2. The second kappa shape index (κ2) is 38.5. The number of alkyl halides is 7. The lowest BCUT2D eigenvalue weighted by Gasteiger charge is -2.37. The average molecular weight is 1170 g/mol. The summed E-state index contributed by atoms with van der Waals surface area (Å²) in [5.74, 6) is -1.83. The molecule has 0 aliphatic heterocycles. The highest BCUT2D eigenvalue weighted by Crippen LogP contribution is 2.52. The molecule has 0 spiro atoms. The van der Waals surface area contributed by atoms with Gasteiger partial charge in [-0.15, -0.1) is 0 Å². The van der Waals surface area contributed by atoms with Crippen LogP contribution in [-0.2, 0) is 24.7 Å². The predicted molar refractivity (Wildman–Crippen MR) is 348 cm³/mol. The van der Waals surface area contributed by atoms with Gasteiger partial charge in [0.15, 0.2) is 0 Å². The first-order chi connectivity index (χ1) is 38.5. The molecule has 8 rings (SSSR count). The molecule has 0 nitrogen and oxygen atoms in total. The maximum Gasteiger partial charge on any atom is 0.310 e. The van der Waals surface area contributed by atoms with Gasteiger partial charge in [-0.2, -0.15) is 17.6 Å². The Kier molecular flexibility index (Phi) is 35.9. The number of benzene rings is 4. The van der Waals surface area contributed by atoms with Gasteiger partial charge in [0, 0.05) is 12.8 Å². The molecule has 0 radical (unpaired) electrons. The van der Waals surface area contributed by atoms with Gasteiger partial charge in [0.1, 0.15) is 18.0 Å². The summed E-state index contributed by atoms with van der Waals surface area (Å²) in [5, 5.41) is 0. The second-order valence-corrected chi connectivity index (χ2v) is 29.1. The maximum atomic E-state index is 13.0. The normalized spacial score (nSPS) is 19.5. The topological polar surface area (TPSA) is 0 Å². The summed E-state index contributed by atoms with van der Waals surface area (Å²) in [6.45, 7) is 43.3. The second-order valence-electron chi connectivity index (χ2n) is 29.1. The van der Waals surface area contributed by atoms with Crippen LogP contribution in [-0.4, -0.2) is 29.9 Å². The molecule has 474 valence electrons. The standard InChI is InChI=1S/C14H22.C11H16.C10H14.C9H14F4.C9H16F2.C9H12.C7H13F.C7H14/c1-11(2)10-12-6-8-13(9-7-12)14(3,4)5;1-9(2)8-11-6-4-10(3)5-7-11;1-9(2)8-10-6-4-3-5-7-10;1-6(2)3-7-4-8(10,11)9(12,13)5-7;1-6(2)3-7-4-8(10)9(11)5-7;1-8(2)9-6-4-3-5-7-9;1-6(2)7(8)4-3-5-7;1-6(2)7-4-3-5-7/h6-9,11H,10H2,1-5H3;4-7,9H,8H2,1-3H3;3-7,9H,8H2,1-2H3;6-7H,3-5H2,1-2H3;6-9H,3-5H2,1-2H3;3-8H,1-2H3;6H,3-5H2,1-2H3;6-7H,3-5H2,1-2H3. The van der Waals surface area contributed by atoms with E-state index in [0.717, 1.165) is 55.3 Å². The van der Waals surface area contributed by atoms with Crippen molar-refractivity contribution in [1.82, 2.24) is 0 Å². The van der Waals surface area contributed by atoms with Gasteiger partial charge >= 0.3 is 11.8 Å². The number of hydrogen-bond acceptors (Lipinski definition) is 0. The molecule has 4 aromatic carbocycles. The molecule has 0 heterocycles. The van der Waals surface area contributed by atoms with Crippen molar-refractivity contribution in [2.24, 2.45) is 59.2 Å². The van der Waals surface area contributed by atoms with Crippen LogP contribution in [0, 0.1) is 66.1 Å². The van der Waals surface area contributed by atoms with Gasteiger partial charge in [-0.1, -0.05) is 266 Å². The van der Waals surface area contributed by atoms with Gasteiger partial charge in [0.2, 0.25) is 0 Å². The van der Waals surface area contributed by atoms with Gasteiger partial charge in [-0.25, -0.2) is 13.2 Å². The van der Waals surface area contributed by atoms with Crippen LogP contribution in [0.15, 0.2) is 109 Å². The highest BCUT2D eigenvalue weighted by Gasteiger charge is 2.62. The lowest BCUT2D eigenvalue weighted by molar-refractivity contribution is -0.185. The molecule has 4 fully saturated rings. The van der Waals surface area contributed by atoms with Crippen LogP contribution in [0.5, 0.6) is 0 Å². The lowest BCUT2D eigenvalue weighted by atomic mass is 9.74. The van der Waals surface area contributed by atoms with Crippen LogP contribution in [0.2, 0.25) is 0 Å².